The Morgan fingerprint density at radius 2 is 1.41 bits per heavy atom. The quantitative estimate of drug-likeness (QED) is 0.323. The molecule has 0 aromatic carbocycles. The van der Waals surface area contributed by atoms with Crippen LogP contribution in [0.3, 0.4) is 0 Å². The van der Waals surface area contributed by atoms with Gasteiger partial charge in [-0.3, -0.25) is 0 Å². The van der Waals surface area contributed by atoms with E-state index in [0.29, 0.717) is 0 Å². The van der Waals surface area contributed by atoms with Crippen LogP contribution in [0.25, 0.3) is 0 Å². The minimum Gasteiger partial charge on any atom is -0.357 e. The molecule has 0 unspecified atom stereocenters. The second kappa shape index (κ2) is 10.3. The molecule has 2 radical (unpaired) electrons. The van der Waals surface area contributed by atoms with Crippen LogP contribution in [0.2, 0.25) is 25.3 Å². The van der Waals surface area contributed by atoms with Gasteiger partial charge >= 0.3 is 0 Å². The van der Waals surface area contributed by atoms with Crippen molar-refractivity contribution in [1.82, 2.24) is 0 Å². The third kappa shape index (κ3) is 12.6. The Bertz CT molecular complexity index is 159. The fourth-order valence-electron chi connectivity index (χ4n) is 1.22. The van der Waals surface area contributed by atoms with E-state index < -0.39 is 8.07 Å². The summed E-state index contributed by atoms with van der Waals surface area (Å²) in [4.78, 5) is 0. The summed E-state index contributed by atoms with van der Waals surface area (Å²) < 4.78 is 11.7. The zero-order valence-electron chi connectivity index (χ0n) is 12.3. The van der Waals surface area contributed by atoms with Gasteiger partial charge in [-0.05, 0) is 12.8 Å². The molecule has 0 amide bonds. The third-order valence-electron chi connectivity index (χ3n) is 2.33. The molecule has 0 aromatic heterocycles. The molecule has 2 nitrogen and oxygen atoms in total. The van der Waals surface area contributed by atoms with Gasteiger partial charge in [0, 0.05) is 21.3 Å². The first-order valence-corrected chi connectivity index (χ1v) is 12.0. The lowest BCUT2D eigenvalue weighted by Crippen LogP contribution is -2.32. The number of unbranched alkanes of at least 4 members (excludes halogenated alkanes) is 2. The third-order valence-corrected chi connectivity index (χ3v) is 8.06. The minimum absolute atomic E-state index is 0.0693. The molecule has 0 aromatic rings. The molecule has 0 fully saturated rings. The van der Waals surface area contributed by atoms with Crippen LogP contribution in [0.15, 0.2) is 0 Å². The molecule has 0 saturated carbocycles. The van der Waals surface area contributed by atoms with Crippen molar-refractivity contribution in [3.8, 4) is 0 Å². The number of ether oxygens (including phenoxy) is 2. The average Bonchev–Trinajstić information content (AvgIpc) is 2.24. The monoisotopic (exact) mass is 274 g/mol. The molecule has 17 heavy (non-hydrogen) atoms. The van der Waals surface area contributed by atoms with E-state index in [1.165, 1.54) is 18.5 Å². The lowest BCUT2D eigenvalue weighted by molar-refractivity contribution is -0.0918. The van der Waals surface area contributed by atoms with Gasteiger partial charge in [0.05, 0.1) is 0 Å². The molecule has 4 heteroatoms. The molecular formula is C13H30O2Si2. The van der Waals surface area contributed by atoms with Crippen molar-refractivity contribution in [2.24, 2.45) is 0 Å². The molecule has 0 spiro atoms. The van der Waals surface area contributed by atoms with Gasteiger partial charge < -0.3 is 9.47 Å². The van der Waals surface area contributed by atoms with Crippen LogP contribution in [-0.4, -0.2) is 36.7 Å². The van der Waals surface area contributed by atoms with E-state index in [1.54, 1.807) is 0 Å². The van der Waals surface area contributed by atoms with Gasteiger partial charge in [-0.15, -0.1) is 0 Å². The van der Waals surface area contributed by atoms with Crippen LogP contribution >= 0.6 is 0 Å². The van der Waals surface area contributed by atoms with E-state index >= 15 is 0 Å². The van der Waals surface area contributed by atoms with E-state index in [1.807, 2.05) is 0 Å². The van der Waals surface area contributed by atoms with E-state index in [2.05, 4.69) is 33.5 Å². The van der Waals surface area contributed by atoms with Crippen LogP contribution in [0, 0.1) is 0 Å². The molecular weight excluding hydrogens is 244 g/mol. The first kappa shape index (κ1) is 17.4. The van der Waals surface area contributed by atoms with E-state index in [-0.39, 0.29) is 5.91 Å². The van der Waals surface area contributed by atoms with Crippen LogP contribution in [0.4, 0.5) is 0 Å². The second-order valence-electron chi connectivity index (χ2n) is 5.72. The molecule has 0 aliphatic heterocycles. The molecule has 0 atom stereocenters. The fourth-order valence-corrected chi connectivity index (χ4v) is 4.81. The Labute approximate surface area is 111 Å². The normalized spacial score (nSPS) is 12.4. The molecule has 0 aliphatic carbocycles. The Kier molecular flexibility index (Phi) is 10.5. The fraction of sp³-hybridized carbons (Fsp3) is 1.00. The highest BCUT2D eigenvalue weighted by Crippen LogP contribution is 2.10. The lowest BCUT2D eigenvalue weighted by Gasteiger charge is -2.22. The average molecular weight is 275 g/mol. The van der Waals surface area contributed by atoms with Gasteiger partial charge in [0.2, 0.25) is 0 Å². The van der Waals surface area contributed by atoms with Gasteiger partial charge in [0.15, 0.2) is 0 Å². The van der Waals surface area contributed by atoms with Gasteiger partial charge in [-0.2, -0.15) is 0 Å². The van der Waals surface area contributed by atoms with Gasteiger partial charge in [0.25, 0.3) is 0 Å². The summed E-state index contributed by atoms with van der Waals surface area (Å²) in [5.41, 5.74) is 1.32. The summed E-state index contributed by atoms with van der Waals surface area (Å²) in [6.07, 6.45) is 4.67. The smallest absolute Gasteiger partial charge is 0.136 e. The minimum atomic E-state index is -0.963. The van der Waals surface area contributed by atoms with Gasteiger partial charge in [-0.25, -0.2) is 0 Å². The van der Waals surface area contributed by atoms with Crippen molar-refractivity contribution in [3.05, 3.63) is 0 Å². The molecule has 0 saturated heterocycles. The Balaban J connectivity index is 3.83. The highest BCUT2D eigenvalue weighted by atomic mass is 28.4. The summed E-state index contributed by atoms with van der Waals surface area (Å²) in [7, 11) is -0.148. The summed E-state index contributed by atoms with van der Waals surface area (Å²) >= 11 is 0. The van der Waals surface area contributed by atoms with Crippen LogP contribution in [0.1, 0.15) is 39.5 Å². The van der Waals surface area contributed by atoms with Crippen LogP contribution < -0.4 is 0 Å². The zero-order valence-corrected chi connectivity index (χ0v) is 14.3. The maximum Gasteiger partial charge on any atom is 0.136 e. The standard InChI is InChI=1S/C13H30O2Si2/c1-6-8-10-14-13(15-11-9-7-2)16-12-17(3,4)5/h13H,6-12H2,1-5H3. The number of hydrogen-bond acceptors (Lipinski definition) is 2. The van der Waals surface area contributed by atoms with Crippen molar-refractivity contribution in [1.29, 1.82) is 0 Å². The number of rotatable bonds is 11. The first-order chi connectivity index (χ1) is 7.99. The summed E-state index contributed by atoms with van der Waals surface area (Å²) in [6.45, 7) is 13.3. The SMILES string of the molecule is CCCCOC(OCCCC)[Si]C[Si](C)(C)C. The van der Waals surface area contributed by atoms with Crippen molar-refractivity contribution in [2.45, 2.75) is 70.8 Å². The van der Waals surface area contributed by atoms with Crippen molar-refractivity contribution in [3.63, 3.8) is 0 Å². The lowest BCUT2D eigenvalue weighted by atomic mass is 10.4. The molecule has 0 N–H and O–H groups in total. The highest BCUT2D eigenvalue weighted by Gasteiger charge is 2.18. The van der Waals surface area contributed by atoms with E-state index in [0.717, 1.165) is 35.6 Å². The van der Waals surface area contributed by atoms with Crippen molar-refractivity contribution >= 4 is 17.6 Å². The largest absolute Gasteiger partial charge is 0.357 e. The van der Waals surface area contributed by atoms with Crippen LogP contribution in [0.5, 0.6) is 0 Å². The van der Waals surface area contributed by atoms with Gasteiger partial charge in [-0.1, -0.05) is 52.0 Å². The second-order valence-corrected chi connectivity index (χ2v) is 13.1. The summed E-state index contributed by atoms with van der Waals surface area (Å²) in [5.74, 6) is 0.0693. The molecule has 0 bridgehead atoms. The van der Waals surface area contributed by atoms with Crippen LogP contribution in [-0.2, 0) is 9.47 Å². The molecule has 0 rings (SSSR count). The van der Waals surface area contributed by atoms with Crippen molar-refractivity contribution in [2.75, 3.05) is 13.2 Å². The summed E-state index contributed by atoms with van der Waals surface area (Å²) in [5, 5.41) is 0. The topological polar surface area (TPSA) is 18.5 Å². The van der Waals surface area contributed by atoms with Gasteiger partial charge in [0.1, 0.15) is 15.4 Å². The predicted octanol–water partition coefficient (Wildman–Crippen LogP) is 3.90. The zero-order chi connectivity index (χ0) is 13.1. The first-order valence-electron chi connectivity index (χ1n) is 6.96. The summed E-state index contributed by atoms with van der Waals surface area (Å²) in [6, 6.07) is 0. The molecule has 102 valence electrons. The molecule has 0 heterocycles. The van der Waals surface area contributed by atoms with E-state index in [9.17, 15) is 0 Å². The predicted molar refractivity (Wildman–Crippen MR) is 79.4 cm³/mol. The Morgan fingerprint density at radius 3 is 1.76 bits per heavy atom. The molecule has 0 aliphatic rings. The Hall–Kier alpha value is 0.354. The Morgan fingerprint density at radius 1 is 0.941 bits per heavy atom. The van der Waals surface area contributed by atoms with Crippen molar-refractivity contribution < 1.29 is 9.47 Å². The van der Waals surface area contributed by atoms with E-state index in [4.69, 9.17) is 9.47 Å². The maximum absolute atomic E-state index is 5.84. The highest BCUT2D eigenvalue weighted by molar-refractivity contribution is 6.83. The maximum atomic E-state index is 5.84. The number of hydrogen-bond donors (Lipinski definition) is 0.